The number of ether oxygens (including phenoxy) is 1. The van der Waals surface area contributed by atoms with Crippen molar-refractivity contribution >= 4 is 33.3 Å². The van der Waals surface area contributed by atoms with E-state index < -0.39 is 7.12 Å². The standard InChI is InChI=1S/C10H11BO3S/c1-6-3-7-5-9(11(12)13)15-10(7)8(4-6)14-2/h3-5,12-13H,1-2H3. The highest BCUT2D eigenvalue weighted by Crippen LogP contribution is 2.30. The molecule has 0 saturated carbocycles. The molecule has 0 unspecified atom stereocenters. The van der Waals surface area contributed by atoms with Crippen LogP contribution in [0.2, 0.25) is 0 Å². The molecular formula is C10H11BO3S. The van der Waals surface area contributed by atoms with E-state index in [0.29, 0.717) is 4.78 Å². The molecule has 0 saturated heterocycles. The predicted molar refractivity (Wildman–Crippen MR) is 62.9 cm³/mol. The molecule has 2 N–H and O–H groups in total. The first kappa shape index (κ1) is 10.5. The molecule has 0 atom stereocenters. The summed E-state index contributed by atoms with van der Waals surface area (Å²) in [4.78, 5) is 0. The molecule has 15 heavy (non-hydrogen) atoms. The first-order valence-electron chi connectivity index (χ1n) is 4.56. The molecule has 0 spiro atoms. The van der Waals surface area contributed by atoms with E-state index in [-0.39, 0.29) is 0 Å². The molecule has 0 aliphatic heterocycles. The summed E-state index contributed by atoms with van der Waals surface area (Å²) >= 11 is 1.34. The number of methoxy groups -OCH3 is 1. The fourth-order valence-corrected chi connectivity index (χ4v) is 2.57. The maximum Gasteiger partial charge on any atom is 0.499 e. The number of hydrogen-bond donors (Lipinski definition) is 2. The Hall–Kier alpha value is -1.04. The zero-order valence-corrected chi connectivity index (χ0v) is 9.34. The van der Waals surface area contributed by atoms with Gasteiger partial charge in [-0.05, 0) is 30.0 Å². The van der Waals surface area contributed by atoms with E-state index in [9.17, 15) is 0 Å². The van der Waals surface area contributed by atoms with Gasteiger partial charge in [-0.3, -0.25) is 0 Å². The lowest BCUT2D eigenvalue weighted by molar-refractivity contribution is 0.420. The van der Waals surface area contributed by atoms with Crippen LogP contribution in [0.25, 0.3) is 10.1 Å². The number of fused-ring (bicyclic) bond motifs is 1. The van der Waals surface area contributed by atoms with Crippen LogP contribution in [0.15, 0.2) is 18.2 Å². The van der Waals surface area contributed by atoms with Crippen LogP contribution in [-0.2, 0) is 0 Å². The first-order valence-corrected chi connectivity index (χ1v) is 5.37. The maximum atomic E-state index is 9.08. The van der Waals surface area contributed by atoms with Gasteiger partial charge in [-0.25, -0.2) is 0 Å². The highest BCUT2D eigenvalue weighted by atomic mass is 32.1. The van der Waals surface area contributed by atoms with Gasteiger partial charge in [-0.15, -0.1) is 11.3 Å². The smallest absolute Gasteiger partial charge is 0.495 e. The molecule has 0 radical (unpaired) electrons. The average Bonchev–Trinajstić information content (AvgIpc) is 2.59. The lowest BCUT2D eigenvalue weighted by atomic mass is 9.89. The van der Waals surface area contributed by atoms with E-state index in [1.807, 2.05) is 19.1 Å². The Morgan fingerprint density at radius 1 is 1.27 bits per heavy atom. The summed E-state index contributed by atoms with van der Waals surface area (Å²) in [6, 6.07) is 5.72. The summed E-state index contributed by atoms with van der Waals surface area (Å²) in [5, 5.41) is 19.2. The monoisotopic (exact) mass is 222 g/mol. The predicted octanol–water partition coefficient (Wildman–Crippen LogP) is 0.898. The van der Waals surface area contributed by atoms with Crippen LogP contribution in [0.1, 0.15) is 5.56 Å². The lowest BCUT2D eigenvalue weighted by Gasteiger charge is -2.02. The largest absolute Gasteiger partial charge is 0.499 e. The Balaban J connectivity index is 2.68. The van der Waals surface area contributed by atoms with Crippen LogP contribution >= 0.6 is 11.3 Å². The first-order chi connectivity index (χ1) is 7.11. The zero-order chi connectivity index (χ0) is 11.0. The van der Waals surface area contributed by atoms with Gasteiger partial charge >= 0.3 is 7.12 Å². The van der Waals surface area contributed by atoms with Gasteiger partial charge in [-0.2, -0.15) is 0 Å². The molecule has 0 bridgehead atoms. The van der Waals surface area contributed by atoms with E-state index in [4.69, 9.17) is 14.8 Å². The van der Waals surface area contributed by atoms with E-state index in [1.165, 1.54) is 11.3 Å². The molecule has 2 aromatic rings. The van der Waals surface area contributed by atoms with Crippen LogP contribution in [0.5, 0.6) is 5.75 Å². The van der Waals surface area contributed by atoms with Gasteiger partial charge in [0.25, 0.3) is 0 Å². The molecular weight excluding hydrogens is 211 g/mol. The topological polar surface area (TPSA) is 49.7 Å². The SMILES string of the molecule is COc1cc(C)cc2cc(B(O)O)sc12. The van der Waals surface area contributed by atoms with Gasteiger partial charge in [0.1, 0.15) is 5.75 Å². The van der Waals surface area contributed by atoms with E-state index in [0.717, 1.165) is 21.4 Å². The molecule has 0 aliphatic carbocycles. The van der Waals surface area contributed by atoms with Crippen molar-refractivity contribution in [2.75, 3.05) is 7.11 Å². The molecule has 2 rings (SSSR count). The van der Waals surface area contributed by atoms with Gasteiger partial charge in [0.05, 0.1) is 11.8 Å². The Kier molecular flexibility index (Phi) is 2.69. The minimum atomic E-state index is -1.41. The van der Waals surface area contributed by atoms with E-state index in [1.54, 1.807) is 13.2 Å². The third kappa shape index (κ3) is 1.86. The van der Waals surface area contributed by atoms with Gasteiger partial charge in [0.2, 0.25) is 0 Å². The zero-order valence-electron chi connectivity index (χ0n) is 8.52. The van der Waals surface area contributed by atoms with Crippen LogP contribution in [-0.4, -0.2) is 24.3 Å². The number of thiophene rings is 1. The normalized spacial score (nSPS) is 10.7. The molecule has 1 aromatic heterocycles. The Morgan fingerprint density at radius 3 is 2.60 bits per heavy atom. The summed E-state index contributed by atoms with van der Waals surface area (Å²) < 4.78 is 6.73. The Labute approximate surface area is 92.1 Å². The molecule has 5 heteroatoms. The van der Waals surface area contributed by atoms with Crippen molar-refractivity contribution < 1.29 is 14.8 Å². The third-order valence-corrected chi connectivity index (χ3v) is 3.43. The number of aryl methyl sites for hydroxylation is 1. The number of rotatable bonds is 2. The maximum absolute atomic E-state index is 9.08. The van der Waals surface area contributed by atoms with Crippen LogP contribution < -0.4 is 9.51 Å². The van der Waals surface area contributed by atoms with Gasteiger partial charge < -0.3 is 14.8 Å². The van der Waals surface area contributed by atoms with Crippen molar-refractivity contribution in [3.63, 3.8) is 0 Å². The minimum Gasteiger partial charge on any atom is -0.495 e. The van der Waals surface area contributed by atoms with Crippen molar-refractivity contribution in [3.05, 3.63) is 23.8 Å². The highest BCUT2D eigenvalue weighted by Gasteiger charge is 2.16. The highest BCUT2D eigenvalue weighted by molar-refractivity contribution is 7.28. The van der Waals surface area contributed by atoms with Crippen LogP contribution in [0, 0.1) is 6.92 Å². The Bertz CT molecular complexity index is 493. The van der Waals surface area contributed by atoms with Crippen molar-refractivity contribution in [2.45, 2.75) is 6.92 Å². The van der Waals surface area contributed by atoms with Gasteiger partial charge in [-0.1, -0.05) is 6.07 Å². The second-order valence-electron chi connectivity index (χ2n) is 3.41. The summed E-state index contributed by atoms with van der Waals surface area (Å²) in [6.45, 7) is 1.98. The summed E-state index contributed by atoms with van der Waals surface area (Å²) in [6.07, 6.45) is 0. The fourth-order valence-electron chi connectivity index (χ4n) is 1.56. The number of hydrogen-bond acceptors (Lipinski definition) is 4. The molecule has 0 aliphatic rings. The second kappa shape index (κ2) is 3.85. The molecule has 0 amide bonds. The molecule has 3 nitrogen and oxygen atoms in total. The van der Waals surface area contributed by atoms with Crippen molar-refractivity contribution in [2.24, 2.45) is 0 Å². The molecule has 1 aromatic carbocycles. The van der Waals surface area contributed by atoms with Crippen LogP contribution in [0.3, 0.4) is 0 Å². The average molecular weight is 222 g/mol. The van der Waals surface area contributed by atoms with Crippen molar-refractivity contribution in [3.8, 4) is 5.75 Å². The quantitative estimate of drug-likeness (QED) is 0.742. The molecule has 1 heterocycles. The van der Waals surface area contributed by atoms with Gasteiger partial charge in [0, 0.05) is 4.78 Å². The summed E-state index contributed by atoms with van der Waals surface area (Å²) in [5.74, 6) is 0.780. The Morgan fingerprint density at radius 2 is 2.00 bits per heavy atom. The van der Waals surface area contributed by atoms with Crippen LogP contribution in [0.4, 0.5) is 0 Å². The fraction of sp³-hybridized carbons (Fsp3) is 0.200. The van der Waals surface area contributed by atoms with Crippen molar-refractivity contribution in [1.82, 2.24) is 0 Å². The molecule has 78 valence electrons. The minimum absolute atomic E-state index is 0.536. The lowest BCUT2D eigenvalue weighted by Crippen LogP contribution is -2.26. The van der Waals surface area contributed by atoms with E-state index in [2.05, 4.69) is 0 Å². The summed E-state index contributed by atoms with van der Waals surface area (Å²) in [7, 11) is 0.204. The third-order valence-electron chi connectivity index (χ3n) is 2.22. The summed E-state index contributed by atoms with van der Waals surface area (Å²) in [5.41, 5.74) is 1.09. The second-order valence-corrected chi connectivity index (χ2v) is 4.49. The van der Waals surface area contributed by atoms with Gasteiger partial charge in [0.15, 0.2) is 0 Å². The number of benzene rings is 1. The van der Waals surface area contributed by atoms with Crippen molar-refractivity contribution in [1.29, 1.82) is 0 Å². The van der Waals surface area contributed by atoms with E-state index >= 15 is 0 Å². The molecule has 0 fully saturated rings.